The molecular weight excluding hydrogens is 670 g/mol. The lowest BCUT2D eigenvalue weighted by Gasteiger charge is -2.46. The van der Waals surface area contributed by atoms with Crippen molar-refractivity contribution in [1.29, 1.82) is 0 Å². The minimum absolute atomic E-state index is 0.0408. The van der Waals surface area contributed by atoms with Crippen molar-refractivity contribution in [1.82, 2.24) is 24.8 Å². The van der Waals surface area contributed by atoms with Crippen LogP contribution in [0.3, 0.4) is 0 Å². The van der Waals surface area contributed by atoms with Gasteiger partial charge < -0.3 is 24.8 Å². The zero-order valence-corrected chi connectivity index (χ0v) is 29.1. The van der Waals surface area contributed by atoms with Crippen molar-refractivity contribution in [2.75, 3.05) is 43.5 Å². The molecule has 5 aliphatic rings. The number of ether oxygens (including phenoxy) is 3. The number of amides is 1. The van der Waals surface area contributed by atoms with E-state index in [0.717, 1.165) is 50.4 Å². The highest BCUT2D eigenvalue weighted by molar-refractivity contribution is 5.99. The van der Waals surface area contributed by atoms with Gasteiger partial charge in [-0.3, -0.25) is 9.80 Å². The summed E-state index contributed by atoms with van der Waals surface area (Å²) in [5.41, 5.74) is 3.37. The lowest BCUT2D eigenvalue weighted by Crippen LogP contribution is -2.63. The molecule has 2 N–H and O–H groups in total. The van der Waals surface area contributed by atoms with Crippen LogP contribution in [-0.4, -0.2) is 93.0 Å². The maximum atomic E-state index is 17.0. The van der Waals surface area contributed by atoms with Crippen LogP contribution in [0.1, 0.15) is 64.0 Å². The van der Waals surface area contributed by atoms with Crippen LogP contribution in [0.4, 0.5) is 34.0 Å². The topological polar surface area (TPSA) is 119 Å². The van der Waals surface area contributed by atoms with Gasteiger partial charge in [-0.25, -0.2) is 14.2 Å². The molecule has 15 heteroatoms. The summed E-state index contributed by atoms with van der Waals surface area (Å²) < 4.78 is 78.9. The van der Waals surface area contributed by atoms with Gasteiger partial charge in [-0.2, -0.15) is 23.1 Å². The number of piperazine rings is 1. The van der Waals surface area contributed by atoms with Crippen LogP contribution in [0.2, 0.25) is 0 Å². The van der Waals surface area contributed by atoms with E-state index in [1.807, 2.05) is 25.7 Å². The first-order valence-electron chi connectivity index (χ1n) is 17.4. The number of fused-ring (bicyclic) bond motifs is 6. The number of hydrogen-bond donors (Lipinski definition) is 1. The monoisotopic (exact) mass is 711 g/mol. The highest BCUT2D eigenvalue weighted by Gasteiger charge is 2.52. The van der Waals surface area contributed by atoms with Gasteiger partial charge in [-0.1, -0.05) is 12.2 Å². The zero-order chi connectivity index (χ0) is 36.2. The molecule has 4 saturated heterocycles. The molecule has 51 heavy (non-hydrogen) atoms. The number of alkyl halides is 3. The molecule has 1 amide bonds. The van der Waals surface area contributed by atoms with Crippen LogP contribution < -0.4 is 20.1 Å². The molecule has 272 valence electrons. The van der Waals surface area contributed by atoms with Crippen LogP contribution in [0.5, 0.6) is 11.8 Å². The molecule has 0 saturated carbocycles. The SMILES string of the molecule is C=C1CN2CCC[C@@]2(COc2nc3c4c(cc(-c5nc(N)cc(C)c5C(F)(F)F)c(F)c4n2)OC[C@@H]2[C@@H]4CC[C@H](CN32)N4C(=O)OC(C)(C)C)C1. The van der Waals surface area contributed by atoms with E-state index in [1.54, 1.807) is 4.90 Å². The normalized spacial score (nSPS) is 25.9. The van der Waals surface area contributed by atoms with Gasteiger partial charge in [0.25, 0.3) is 0 Å². The Morgan fingerprint density at radius 3 is 2.69 bits per heavy atom. The molecule has 2 bridgehead atoms. The minimum Gasteiger partial charge on any atom is -0.490 e. The molecule has 11 nitrogen and oxygen atoms in total. The van der Waals surface area contributed by atoms with E-state index in [9.17, 15) is 18.0 Å². The Kier molecular flexibility index (Phi) is 7.64. The molecule has 0 unspecified atom stereocenters. The molecule has 5 aliphatic heterocycles. The third-order valence-electron chi connectivity index (χ3n) is 10.9. The summed E-state index contributed by atoms with van der Waals surface area (Å²) in [5, 5.41) is 0.209. The van der Waals surface area contributed by atoms with Crippen LogP contribution in [-0.2, 0) is 10.9 Å². The molecule has 7 heterocycles. The van der Waals surface area contributed by atoms with Crippen LogP contribution in [0.25, 0.3) is 22.2 Å². The van der Waals surface area contributed by atoms with E-state index in [-0.39, 0.29) is 64.9 Å². The average molecular weight is 712 g/mol. The minimum atomic E-state index is -4.86. The van der Waals surface area contributed by atoms with Crippen molar-refractivity contribution in [3.05, 3.63) is 41.2 Å². The average Bonchev–Trinajstić information content (AvgIpc) is 3.63. The van der Waals surface area contributed by atoms with Crippen molar-refractivity contribution in [2.24, 2.45) is 0 Å². The second-order valence-corrected chi connectivity index (χ2v) is 15.6. The second-order valence-electron chi connectivity index (χ2n) is 15.6. The first-order chi connectivity index (χ1) is 24.0. The fourth-order valence-corrected chi connectivity index (χ4v) is 8.92. The molecule has 2 aromatic heterocycles. The number of carbonyl (C=O) groups excluding carboxylic acids is 1. The standard InChI is InChI=1S/C36H41F4N7O4/c1-18-13-35(9-6-10-45(35)14-18)17-50-32-43-30-26-24(12-21(28(30)37)29-27(36(38,39)40)19(2)11-25(41)42-29)49-16-23-22-8-7-20(15-46(23)31(26)44-32)47(22)33(48)51-34(3,4)5/h11-12,20,22-23H,1,6-10,13-17H2,2-5H3,(H2,41,42)/t20-,22+,23-,35+/m1/s1. The van der Waals surface area contributed by atoms with Crippen LogP contribution in [0, 0.1) is 12.7 Å². The summed E-state index contributed by atoms with van der Waals surface area (Å²) in [4.78, 5) is 33.0. The molecule has 0 aliphatic carbocycles. The molecule has 4 atom stereocenters. The van der Waals surface area contributed by atoms with Gasteiger partial charge >= 0.3 is 18.3 Å². The van der Waals surface area contributed by atoms with Crippen molar-refractivity contribution >= 4 is 28.6 Å². The number of benzene rings is 1. The Labute approximate surface area is 292 Å². The highest BCUT2D eigenvalue weighted by Crippen LogP contribution is 2.48. The number of rotatable bonds is 4. The number of anilines is 2. The van der Waals surface area contributed by atoms with E-state index in [1.165, 1.54) is 13.0 Å². The number of aromatic nitrogens is 3. The lowest BCUT2D eigenvalue weighted by molar-refractivity contribution is -0.137. The molecule has 4 fully saturated rings. The van der Waals surface area contributed by atoms with Gasteiger partial charge in [0.1, 0.15) is 41.7 Å². The van der Waals surface area contributed by atoms with Gasteiger partial charge in [0.15, 0.2) is 5.82 Å². The first-order valence-corrected chi connectivity index (χ1v) is 17.4. The van der Waals surface area contributed by atoms with Crippen molar-refractivity contribution in [3.63, 3.8) is 0 Å². The van der Waals surface area contributed by atoms with Gasteiger partial charge in [-0.05, 0) is 84.0 Å². The Hall–Kier alpha value is -4.40. The third-order valence-corrected chi connectivity index (χ3v) is 10.9. The summed E-state index contributed by atoms with van der Waals surface area (Å²) in [5.74, 6) is -0.789. The number of nitrogens with two attached hydrogens (primary N) is 1. The molecule has 0 radical (unpaired) electrons. The number of nitrogens with zero attached hydrogens (tertiary/aromatic N) is 6. The van der Waals surface area contributed by atoms with Crippen molar-refractivity contribution in [3.8, 4) is 23.0 Å². The van der Waals surface area contributed by atoms with Crippen molar-refractivity contribution in [2.45, 2.75) is 95.2 Å². The number of hydrogen-bond acceptors (Lipinski definition) is 10. The third kappa shape index (κ3) is 5.58. The highest BCUT2D eigenvalue weighted by atomic mass is 19.4. The Bertz CT molecular complexity index is 1970. The predicted molar refractivity (Wildman–Crippen MR) is 181 cm³/mol. The van der Waals surface area contributed by atoms with E-state index >= 15 is 4.39 Å². The van der Waals surface area contributed by atoms with Crippen LogP contribution in [0.15, 0.2) is 24.3 Å². The molecule has 0 spiro atoms. The number of carbonyl (C=O) groups is 1. The smallest absolute Gasteiger partial charge is 0.418 e. The maximum Gasteiger partial charge on any atom is 0.418 e. The molecule has 1 aromatic carbocycles. The molecular formula is C36H41F4N7O4. The number of halogens is 4. The molecule has 8 rings (SSSR count). The van der Waals surface area contributed by atoms with E-state index in [4.69, 9.17) is 24.9 Å². The number of pyridine rings is 1. The fourth-order valence-electron chi connectivity index (χ4n) is 8.92. The summed E-state index contributed by atoms with van der Waals surface area (Å²) in [6, 6.07) is 1.26. The summed E-state index contributed by atoms with van der Waals surface area (Å²) in [6.07, 6.45) is -1.25. The van der Waals surface area contributed by atoms with Gasteiger partial charge in [0.05, 0.1) is 40.3 Å². The maximum absolute atomic E-state index is 17.0. The lowest BCUT2D eigenvalue weighted by atomic mass is 9.94. The molecule has 3 aromatic rings. The van der Waals surface area contributed by atoms with Gasteiger partial charge in [-0.15, -0.1) is 0 Å². The second kappa shape index (κ2) is 11.6. The number of aryl methyl sites for hydroxylation is 1. The summed E-state index contributed by atoms with van der Waals surface area (Å²) >= 11 is 0. The largest absolute Gasteiger partial charge is 0.490 e. The Morgan fingerprint density at radius 1 is 1.16 bits per heavy atom. The number of nitrogen functional groups attached to an aromatic ring is 1. The van der Waals surface area contributed by atoms with E-state index < -0.39 is 46.6 Å². The van der Waals surface area contributed by atoms with Gasteiger partial charge in [0, 0.05) is 18.7 Å². The Morgan fingerprint density at radius 2 is 1.94 bits per heavy atom. The predicted octanol–water partition coefficient (Wildman–Crippen LogP) is 6.26. The zero-order valence-electron chi connectivity index (χ0n) is 29.1. The first kappa shape index (κ1) is 33.7. The summed E-state index contributed by atoms with van der Waals surface area (Å²) in [6.45, 7) is 13.2. The van der Waals surface area contributed by atoms with E-state index in [2.05, 4.69) is 21.4 Å². The quantitative estimate of drug-likeness (QED) is 0.245. The van der Waals surface area contributed by atoms with Gasteiger partial charge in [0.2, 0.25) is 0 Å². The van der Waals surface area contributed by atoms with E-state index in [0.29, 0.717) is 18.8 Å². The summed E-state index contributed by atoms with van der Waals surface area (Å²) in [7, 11) is 0. The van der Waals surface area contributed by atoms with Crippen LogP contribution >= 0.6 is 0 Å². The van der Waals surface area contributed by atoms with Crippen molar-refractivity contribution < 1.29 is 36.6 Å². The Balaban J connectivity index is 1.27. The fraction of sp³-hybridized carbons (Fsp3) is 0.556.